The summed E-state index contributed by atoms with van der Waals surface area (Å²) in [5, 5.41) is 10.6. The molecule has 0 saturated carbocycles. The van der Waals surface area contributed by atoms with Gasteiger partial charge in [-0.25, -0.2) is 0 Å². The molecule has 0 aliphatic carbocycles. The Labute approximate surface area is 112 Å². The van der Waals surface area contributed by atoms with Crippen molar-refractivity contribution in [3.63, 3.8) is 0 Å². The first-order valence-electron chi connectivity index (χ1n) is 5.88. The predicted molar refractivity (Wildman–Crippen MR) is 75.7 cm³/mol. The minimum Gasteiger partial charge on any atom is -0.385 e. The van der Waals surface area contributed by atoms with E-state index in [2.05, 4.69) is 4.98 Å². The lowest BCUT2D eigenvalue weighted by Gasteiger charge is -2.23. The highest BCUT2D eigenvalue weighted by molar-refractivity contribution is 7.98. The van der Waals surface area contributed by atoms with Crippen LogP contribution < -0.4 is 0 Å². The molecule has 0 saturated heterocycles. The second kappa shape index (κ2) is 5.55. The minimum atomic E-state index is -0.884. The van der Waals surface area contributed by atoms with E-state index < -0.39 is 5.60 Å². The van der Waals surface area contributed by atoms with E-state index in [1.54, 1.807) is 18.0 Å². The largest absolute Gasteiger partial charge is 0.385 e. The molecule has 0 amide bonds. The number of hydrogen-bond acceptors (Lipinski definition) is 3. The van der Waals surface area contributed by atoms with Crippen LogP contribution >= 0.6 is 11.8 Å². The molecule has 0 bridgehead atoms. The summed E-state index contributed by atoms with van der Waals surface area (Å²) in [7, 11) is 0. The van der Waals surface area contributed by atoms with E-state index in [4.69, 9.17) is 0 Å². The van der Waals surface area contributed by atoms with Crippen LogP contribution in [-0.4, -0.2) is 16.3 Å². The van der Waals surface area contributed by atoms with Gasteiger partial charge in [-0.2, -0.15) is 0 Å². The van der Waals surface area contributed by atoms with Crippen molar-refractivity contribution < 1.29 is 5.11 Å². The van der Waals surface area contributed by atoms with Gasteiger partial charge >= 0.3 is 0 Å². The van der Waals surface area contributed by atoms with Crippen LogP contribution in [0.4, 0.5) is 0 Å². The van der Waals surface area contributed by atoms with Gasteiger partial charge in [0.1, 0.15) is 0 Å². The van der Waals surface area contributed by atoms with Crippen LogP contribution in [0.25, 0.3) is 0 Å². The molecule has 0 unspecified atom stereocenters. The van der Waals surface area contributed by atoms with Crippen molar-refractivity contribution in [3.05, 3.63) is 59.9 Å². The number of benzene rings is 1. The molecule has 1 aromatic carbocycles. The molecule has 2 aromatic rings. The summed E-state index contributed by atoms with van der Waals surface area (Å²) >= 11 is 1.70. The molecular weight excluding hydrogens is 242 g/mol. The molecule has 3 heteroatoms. The monoisotopic (exact) mass is 259 g/mol. The molecule has 1 aromatic heterocycles. The lowest BCUT2D eigenvalue weighted by Crippen LogP contribution is -2.24. The smallest absolute Gasteiger partial charge is 0.0923 e. The van der Waals surface area contributed by atoms with Gasteiger partial charge in [0.05, 0.1) is 5.60 Å². The lowest BCUT2D eigenvalue weighted by atomic mass is 9.91. The van der Waals surface area contributed by atoms with Crippen LogP contribution in [0, 0.1) is 0 Å². The van der Waals surface area contributed by atoms with Crippen molar-refractivity contribution in [3.8, 4) is 0 Å². The van der Waals surface area contributed by atoms with Crippen LogP contribution in [0.2, 0.25) is 0 Å². The third-order valence-corrected chi connectivity index (χ3v) is 3.71. The molecule has 2 rings (SSSR count). The molecule has 0 radical (unpaired) electrons. The average Bonchev–Trinajstić information content (AvgIpc) is 2.39. The van der Waals surface area contributed by atoms with Crippen molar-refractivity contribution in [2.45, 2.75) is 23.8 Å². The van der Waals surface area contributed by atoms with Crippen molar-refractivity contribution in [1.29, 1.82) is 0 Å². The van der Waals surface area contributed by atoms with Gasteiger partial charge in [-0.15, -0.1) is 11.8 Å². The molecule has 94 valence electrons. The van der Waals surface area contributed by atoms with Gasteiger partial charge in [-0.05, 0) is 43.0 Å². The maximum absolute atomic E-state index is 10.6. The molecule has 18 heavy (non-hydrogen) atoms. The third kappa shape index (κ3) is 3.12. The first-order chi connectivity index (χ1) is 8.62. The fourth-order valence-electron chi connectivity index (χ4n) is 1.91. The number of hydrogen-bond donors (Lipinski definition) is 1. The Morgan fingerprint density at radius 2 is 1.89 bits per heavy atom. The Kier molecular flexibility index (Phi) is 4.04. The topological polar surface area (TPSA) is 33.1 Å². The van der Waals surface area contributed by atoms with Crippen LogP contribution in [0.15, 0.2) is 53.6 Å². The van der Waals surface area contributed by atoms with Gasteiger partial charge in [-0.1, -0.05) is 18.2 Å². The van der Waals surface area contributed by atoms with Crippen LogP contribution in [0.5, 0.6) is 0 Å². The van der Waals surface area contributed by atoms with Gasteiger partial charge < -0.3 is 5.11 Å². The molecular formula is C15H17NOS. The van der Waals surface area contributed by atoms with Crippen LogP contribution in [0.1, 0.15) is 18.2 Å². The first kappa shape index (κ1) is 13.1. The number of aliphatic hydroxyl groups is 1. The maximum Gasteiger partial charge on any atom is 0.0923 e. The molecule has 2 nitrogen and oxygen atoms in total. The number of nitrogens with zero attached hydrogens (tertiary/aromatic N) is 1. The summed E-state index contributed by atoms with van der Waals surface area (Å²) in [6.07, 6.45) is 4.32. The van der Waals surface area contributed by atoms with E-state index in [9.17, 15) is 5.11 Å². The van der Waals surface area contributed by atoms with Crippen LogP contribution in [0.3, 0.4) is 0 Å². The highest BCUT2D eigenvalue weighted by Gasteiger charge is 2.23. The van der Waals surface area contributed by atoms with Crippen molar-refractivity contribution in [1.82, 2.24) is 4.98 Å². The van der Waals surface area contributed by atoms with Crippen LogP contribution in [-0.2, 0) is 12.0 Å². The summed E-state index contributed by atoms with van der Waals surface area (Å²) in [5.41, 5.74) is 0.938. The standard InChI is InChI=1S/C15H17NOS/c1-15(17,11-13-5-3-4-10-16-13)12-6-8-14(18-2)9-7-12/h3-10,17H,11H2,1-2H3/t15-/m1/s1. The Morgan fingerprint density at radius 3 is 2.44 bits per heavy atom. The van der Waals surface area contributed by atoms with Gasteiger partial charge in [0, 0.05) is 23.2 Å². The number of aromatic nitrogens is 1. The third-order valence-electron chi connectivity index (χ3n) is 2.96. The second-order valence-corrected chi connectivity index (χ2v) is 5.38. The first-order valence-corrected chi connectivity index (χ1v) is 7.11. The van der Waals surface area contributed by atoms with E-state index in [0.717, 1.165) is 11.3 Å². The minimum absolute atomic E-state index is 0.520. The Bertz CT molecular complexity index is 494. The average molecular weight is 259 g/mol. The van der Waals surface area contributed by atoms with Crippen molar-refractivity contribution in [2.75, 3.05) is 6.26 Å². The van der Waals surface area contributed by atoms with E-state index in [-0.39, 0.29) is 0 Å². The number of thioether (sulfide) groups is 1. The summed E-state index contributed by atoms with van der Waals surface area (Å²) < 4.78 is 0. The molecule has 0 aliphatic rings. The van der Waals surface area contributed by atoms with Gasteiger partial charge in [0.25, 0.3) is 0 Å². The van der Waals surface area contributed by atoms with Gasteiger partial charge in [0.2, 0.25) is 0 Å². The number of pyridine rings is 1. The normalized spacial score (nSPS) is 14.2. The van der Waals surface area contributed by atoms with E-state index in [1.807, 2.05) is 55.6 Å². The fraction of sp³-hybridized carbons (Fsp3) is 0.267. The predicted octanol–water partition coefficient (Wildman–Crippen LogP) is 3.25. The summed E-state index contributed by atoms with van der Waals surface area (Å²) in [6, 6.07) is 13.8. The Balaban J connectivity index is 2.19. The quantitative estimate of drug-likeness (QED) is 0.856. The van der Waals surface area contributed by atoms with Gasteiger partial charge in [0.15, 0.2) is 0 Å². The maximum atomic E-state index is 10.6. The summed E-state index contributed by atoms with van der Waals surface area (Å²) in [5.74, 6) is 0. The Morgan fingerprint density at radius 1 is 1.17 bits per heavy atom. The number of rotatable bonds is 4. The summed E-state index contributed by atoms with van der Waals surface area (Å²) in [4.78, 5) is 5.46. The molecule has 1 atom stereocenters. The van der Waals surface area contributed by atoms with E-state index in [1.165, 1.54) is 4.90 Å². The van der Waals surface area contributed by atoms with E-state index in [0.29, 0.717) is 6.42 Å². The second-order valence-electron chi connectivity index (χ2n) is 4.50. The summed E-state index contributed by atoms with van der Waals surface area (Å²) in [6.45, 7) is 1.83. The SMILES string of the molecule is CSc1ccc([C@](C)(O)Cc2ccccn2)cc1. The molecule has 1 N–H and O–H groups in total. The lowest BCUT2D eigenvalue weighted by molar-refractivity contribution is 0.0565. The molecule has 0 spiro atoms. The Hall–Kier alpha value is -1.32. The highest BCUT2D eigenvalue weighted by Crippen LogP contribution is 2.26. The zero-order chi connectivity index (χ0) is 13.0. The molecule has 0 aliphatic heterocycles. The molecule has 1 heterocycles. The zero-order valence-electron chi connectivity index (χ0n) is 10.6. The van der Waals surface area contributed by atoms with E-state index >= 15 is 0 Å². The highest BCUT2D eigenvalue weighted by atomic mass is 32.2. The molecule has 0 fully saturated rings. The fourth-order valence-corrected chi connectivity index (χ4v) is 2.32. The van der Waals surface area contributed by atoms with Crippen molar-refractivity contribution in [2.24, 2.45) is 0 Å². The van der Waals surface area contributed by atoms with Gasteiger partial charge in [-0.3, -0.25) is 4.98 Å². The zero-order valence-corrected chi connectivity index (χ0v) is 11.4. The van der Waals surface area contributed by atoms with Crippen molar-refractivity contribution >= 4 is 11.8 Å².